The zero-order valence-corrected chi connectivity index (χ0v) is 43.7. The zero-order valence-electron chi connectivity index (χ0n) is 43.7. The lowest BCUT2D eigenvalue weighted by Crippen LogP contribution is -2.30. The Hall–Kier alpha value is -2.92. The SMILES string of the molecule is CCCCC/C=C\C/C=C\C/C=C\C/C=C\CCCC(=O)OC[C@@H](COCCCCCCCCCCCCCCCCCC)OC(=O)CCCCCC/C=C\C/C=C\C/C=C\CCCCC. The van der Waals surface area contributed by atoms with E-state index in [0.717, 1.165) is 89.9 Å². The molecule has 0 saturated heterocycles. The van der Waals surface area contributed by atoms with Crippen LogP contribution in [0.25, 0.3) is 0 Å². The highest BCUT2D eigenvalue weighted by Gasteiger charge is 2.17. The van der Waals surface area contributed by atoms with Gasteiger partial charge in [0.15, 0.2) is 6.10 Å². The Morgan fingerprint density at radius 1 is 0.333 bits per heavy atom. The minimum Gasteiger partial charge on any atom is -0.462 e. The maximum absolute atomic E-state index is 12.8. The highest BCUT2D eigenvalue weighted by molar-refractivity contribution is 5.70. The van der Waals surface area contributed by atoms with Crippen LogP contribution in [0.5, 0.6) is 0 Å². The molecule has 0 spiro atoms. The lowest BCUT2D eigenvalue weighted by molar-refractivity contribution is -0.163. The number of hydrogen-bond acceptors (Lipinski definition) is 5. The van der Waals surface area contributed by atoms with Gasteiger partial charge in [-0.1, -0.05) is 241 Å². The normalized spacial score (nSPS) is 12.8. The predicted molar refractivity (Wildman–Crippen MR) is 288 cm³/mol. The van der Waals surface area contributed by atoms with Gasteiger partial charge in [-0.2, -0.15) is 0 Å². The molecule has 380 valence electrons. The van der Waals surface area contributed by atoms with Gasteiger partial charge in [-0.3, -0.25) is 9.59 Å². The fourth-order valence-corrected chi connectivity index (χ4v) is 7.69. The van der Waals surface area contributed by atoms with E-state index in [9.17, 15) is 9.59 Å². The lowest BCUT2D eigenvalue weighted by atomic mass is 10.0. The Morgan fingerprint density at radius 2 is 0.652 bits per heavy atom. The average molecular weight is 920 g/mol. The van der Waals surface area contributed by atoms with E-state index in [0.29, 0.717) is 19.4 Å². The summed E-state index contributed by atoms with van der Waals surface area (Å²) in [5.41, 5.74) is 0. The van der Waals surface area contributed by atoms with Gasteiger partial charge in [0, 0.05) is 19.4 Å². The van der Waals surface area contributed by atoms with E-state index in [1.807, 2.05) is 0 Å². The van der Waals surface area contributed by atoms with Crippen LogP contribution in [0.1, 0.15) is 265 Å². The molecule has 0 aliphatic rings. The zero-order chi connectivity index (χ0) is 47.7. The monoisotopic (exact) mass is 919 g/mol. The first kappa shape index (κ1) is 63.1. The molecule has 0 saturated carbocycles. The minimum absolute atomic E-state index is 0.0468. The van der Waals surface area contributed by atoms with Crippen molar-refractivity contribution >= 4 is 11.9 Å². The number of ether oxygens (including phenoxy) is 3. The van der Waals surface area contributed by atoms with Crippen molar-refractivity contribution in [3.05, 3.63) is 85.1 Å². The van der Waals surface area contributed by atoms with Crippen LogP contribution in [-0.4, -0.2) is 37.9 Å². The number of carbonyl (C=O) groups excluding carboxylic acids is 2. The highest BCUT2D eigenvalue weighted by Crippen LogP contribution is 2.15. The first-order valence-corrected chi connectivity index (χ1v) is 28.1. The molecule has 0 aromatic heterocycles. The fraction of sp³-hybridized carbons (Fsp3) is 0.738. The van der Waals surface area contributed by atoms with Crippen molar-refractivity contribution in [2.75, 3.05) is 19.8 Å². The standard InChI is InChI=1S/C61H106O5/c1-4-7-10-13-16-19-22-25-28-31-33-36-39-42-45-48-51-54-60(62)65-58-59(57-64-56-53-50-47-44-41-38-35-30-27-24-21-18-15-12-9-6-3)66-61(63)55-52-49-46-43-40-37-34-32-29-26-23-20-17-14-11-8-5-2/h16-17,19-20,25-26,28-29,33-34,36-37,42,45,59H,4-15,18,21-24,27,30-32,35,38-41,43-44,46-58H2,1-3H3/b19-16-,20-17-,28-25-,29-26-,36-33-,37-34-,45-42-/t59-/m1/s1. The van der Waals surface area contributed by atoms with Crippen molar-refractivity contribution in [1.29, 1.82) is 0 Å². The maximum atomic E-state index is 12.8. The third-order valence-electron chi connectivity index (χ3n) is 11.9. The van der Waals surface area contributed by atoms with Gasteiger partial charge in [0.25, 0.3) is 0 Å². The van der Waals surface area contributed by atoms with Crippen LogP contribution >= 0.6 is 0 Å². The molecular weight excluding hydrogens is 813 g/mol. The molecule has 0 aliphatic heterocycles. The summed E-state index contributed by atoms with van der Waals surface area (Å²) >= 11 is 0. The molecule has 5 heteroatoms. The summed E-state index contributed by atoms with van der Waals surface area (Å²) in [6.07, 6.45) is 74.6. The van der Waals surface area contributed by atoms with E-state index < -0.39 is 6.10 Å². The van der Waals surface area contributed by atoms with Gasteiger partial charge in [0.1, 0.15) is 6.61 Å². The van der Waals surface area contributed by atoms with Crippen molar-refractivity contribution in [2.45, 2.75) is 271 Å². The van der Waals surface area contributed by atoms with Gasteiger partial charge in [0.05, 0.1) is 6.61 Å². The second-order valence-electron chi connectivity index (χ2n) is 18.5. The Bertz CT molecular complexity index is 1220. The molecule has 0 bridgehead atoms. The van der Waals surface area contributed by atoms with Crippen LogP contribution in [0, 0.1) is 0 Å². The molecule has 0 rings (SSSR count). The molecule has 0 amide bonds. The van der Waals surface area contributed by atoms with E-state index in [4.69, 9.17) is 14.2 Å². The fourth-order valence-electron chi connectivity index (χ4n) is 7.69. The molecule has 5 nitrogen and oxygen atoms in total. The summed E-state index contributed by atoms with van der Waals surface area (Å²) in [4.78, 5) is 25.5. The molecular formula is C61H106O5. The summed E-state index contributed by atoms with van der Waals surface area (Å²) in [7, 11) is 0. The Labute approximate surface area is 409 Å². The third kappa shape index (κ3) is 53.7. The van der Waals surface area contributed by atoms with Crippen LogP contribution in [0.2, 0.25) is 0 Å². The number of allylic oxidation sites excluding steroid dienone is 14. The maximum Gasteiger partial charge on any atom is 0.306 e. The topological polar surface area (TPSA) is 61.8 Å². The summed E-state index contributed by atoms with van der Waals surface area (Å²) in [6, 6.07) is 0. The summed E-state index contributed by atoms with van der Waals surface area (Å²) in [5.74, 6) is -0.481. The van der Waals surface area contributed by atoms with Crippen molar-refractivity contribution in [2.24, 2.45) is 0 Å². The average Bonchev–Trinajstić information content (AvgIpc) is 3.32. The summed E-state index contributed by atoms with van der Waals surface area (Å²) < 4.78 is 17.4. The van der Waals surface area contributed by atoms with Crippen molar-refractivity contribution in [3.8, 4) is 0 Å². The Balaban J connectivity index is 4.40. The molecule has 0 aliphatic carbocycles. The van der Waals surface area contributed by atoms with E-state index in [-0.39, 0.29) is 25.2 Å². The van der Waals surface area contributed by atoms with Crippen molar-refractivity contribution < 1.29 is 23.8 Å². The predicted octanol–water partition coefficient (Wildman–Crippen LogP) is 19.2. The largest absolute Gasteiger partial charge is 0.462 e. The van der Waals surface area contributed by atoms with Gasteiger partial charge >= 0.3 is 11.9 Å². The molecule has 0 radical (unpaired) electrons. The number of unbranched alkanes of at least 4 members (excludes halogenated alkanes) is 26. The molecule has 0 unspecified atom stereocenters. The molecule has 66 heavy (non-hydrogen) atoms. The van der Waals surface area contributed by atoms with Crippen LogP contribution in [-0.2, 0) is 23.8 Å². The first-order valence-electron chi connectivity index (χ1n) is 28.1. The second-order valence-corrected chi connectivity index (χ2v) is 18.5. The van der Waals surface area contributed by atoms with E-state index in [1.54, 1.807) is 0 Å². The van der Waals surface area contributed by atoms with Crippen LogP contribution < -0.4 is 0 Å². The van der Waals surface area contributed by atoms with Gasteiger partial charge in [-0.05, 0) is 96.3 Å². The Morgan fingerprint density at radius 3 is 1.09 bits per heavy atom. The van der Waals surface area contributed by atoms with Gasteiger partial charge in [-0.15, -0.1) is 0 Å². The molecule has 0 fully saturated rings. The highest BCUT2D eigenvalue weighted by atomic mass is 16.6. The Kier molecular flexibility index (Phi) is 53.9. The minimum atomic E-state index is -0.572. The number of hydrogen-bond donors (Lipinski definition) is 0. The smallest absolute Gasteiger partial charge is 0.306 e. The van der Waals surface area contributed by atoms with Crippen LogP contribution in [0.4, 0.5) is 0 Å². The molecule has 0 aromatic carbocycles. The van der Waals surface area contributed by atoms with E-state index in [2.05, 4.69) is 106 Å². The molecule has 0 aromatic rings. The lowest BCUT2D eigenvalue weighted by Gasteiger charge is -2.18. The quantitative estimate of drug-likeness (QED) is 0.0346. The number of carbonyl (C=O) groups is 2. The van der Waals surface area contributed by atoms with E-state index >= 15 is 0 Å². The molecule has 0 heterocycles. The van der Waals surface area contributed by atoms with Gasteiger partial charge < -0.3 is 14.2 Å². The number of rotatable bonds is 51. The van der Waals surface area contributed by atoms with Crippen molar-refractivity contribution in [3.63, 3.8) is 0 Å². The summed E-state index contributed by atoms with van der Waals surface area (Å²) in [6.45, 7) is 7.72. The summed E-state index contributed by atoms with van der Waals surface area (Å²) in [5, 5.41) is 0. The first-order chi connectivity index (χ1) is 32.6. The van der Waals surface area contributed by atoms with Crippen LogP contribution in [0.15, 0.2) is 85.1 Å². The van der Waals surface area contributed by atoms with E-state index in [1.165, 1.54) is 141 Å². The number of esters is 2. The second kappa shape index (κ2) is 56.4. The third-order valence-corrected chi connectivity index (χ3v) is 11.9. The van der Waals surface area contributed by atoms with Gasteiger partial charge in [0.2, 0.25) is 0 Å². The molecule has 1 atom stereocenters. The van der Waals surface area contributed by atoms with Gasteiger partial charge in [-0.25, -0.2) is 0 Å². The molecule has 0 N–H and O–H groups in total. The van der Waals surface area contributed by atoms with Crippen LogP contribution in [0.3, 0.4) is 0 Å². The van der Waals surface area contributed by atoms with Crippen molar-refractivity contribution in [1.82, 2.24) is 0 Å².